The average molecular weight is 456 g/mol. The third-order valence-electron chi connectivity index (χ3n) is 7.04. The number of carbonyl (C=O) groups is 4. The Bertz CT molecular complexity index is 910. The Morgan fingerprint density at radius 1 is 1.12 bits per heavy atom. The van der Waals surface area contributed by atoms with Crippen LogP contribution in [0.15, 0.2) is 24.3 Å². The molecule has 1 spiro atoms. The molecule has 1 atom stereocenters. The molecule has 4 rings (SSSR count). The zero-order valence-electron chi connectivity index (χ0n) is 19.0. The van der Waals surface area contributed by atoms with Crippen LogP contribution in [0.3, 0.4) is 0 Å². The van der Waals surface area contributed by atoms with Gasteiger partial charge in [0.05, 0.1) is 5.92 Å². The summed E-state index contributed by atoms with van der Waals surface area (Å²) in [6, 6.07) is 7.33. The highest BCUT2D eigenvalue weighted by Gasteiger charge is 2.52. The van der Waals surface area contributed by atoms with Crippen molar-refractivity contribution in [2.45, 2.75) is 63.5 Å². The van der Waals surface area contributed by atoms with Crippen LogP contribution >= 0.6 is 0 Å². The van der Waals surface area contributed by atoms with Crippen molar-refractivity contribution in [1.82, 2.24) is 15.1 Å². The van der Waals surface area contributed by atoms with Gasteiger partial charge in [0.1, 0.15) is 5.54 Å². The van der Waals surface area contributed by atoms with Gasteiger partial charge in [0.2, 0.25) is 11.8 Å². The van der Waals surface area contributed by atoms with Gasteiger partial charge in [-0.1, -0.05) is 25.0 Å². The van der Waals surface area contributed by atoms with E-state index in [9.17, 15) is 19.2 Å². The molecule has 3 aliphatic rings. The van der Waals surface area contributed by atoms with Crippen molar-refractivity contribution in [3.8, 4) is 0 Å². The minimum Gasteiger partial charge on any atom is -0.369 e. The van der Waals surface area contributed by atoms with Crippen molar-refractivity contribution >= 4 is 29.4 Å². The fourth-order valence-corrected chi connectivity index (χ4v) is 5.20. The van der Waals surface area contributed by atoms with E-state index in [0.717, 1.165) is 44.3 Å². The number of anilines is 1. The van der Waals surface area contributed by atoms with E-state index in [1.54, 1.807) is 0 Å². The van der Waals surface area contributed by atoms with Gasteiger partial charge in [-0.05, 0) is 56.3 Å². The van der Waals surface area contributed by atoms with E-state index in [2.05, 4.69) is 15.5 Å². The summed E-state index contributed by atoms with van der Waals surface area (Å²) in [7, 11) is 0. The van der Waals surface area contributed by atoms with Crippen LogP contribution in [0.25, 0.3) is 0 Å². The average Bonchev–Trinajstić information content (AvgIpc) is 3.35. The summed E-state index contributed by atoms with van der Waals surface area (Å²) < 4.78 is 0. The molecule has 0 aromatic heterocycles. The van der Waals surface area contributed by atoms with E-state index in [1.165, 1.54) is 4.90 Å². The molecule has 5 amide bonds. The molecule has 4 N–H and O–H groups in total. The summed E-state index contributed by atoms with van der Waals surface area (Å²) >= 11 is 0. The second kappa shape index (κ2) is 9.91. The smallest absolute Gasteiger partial charge is 0.325 e. The number of hydrogen-bond donors (Lipinski definition) is 3. The number of carbonyl (C=O) groups excluding carboxylic acids is 4. The van der Waals surface area contributed by atoms with E-state index in [1.807, 2.05) is 24.3 Å². The van der Waals surface area contributed by atoms with Crippen LogP contribution in [0.4, 0.5) is 10.5 Å². The monoisotopic (exact) mass is 455 g/mol. The Kier molecular flexibility index (Phi) is 6.97. The number of primary amides is 1. The fraction of sp³-hybridized carbons (Fsp3) is 0.583. The van der Waals surface area contributed by atoms with Crippen LogP contribution in [0.2, 0.25) is 0 Å². The Hall–Kier alpha value is -2.94. The number of nitrogens with two attached hydrogens (primary N) is 1. The van der Waals surface area contributed by atoms with Crippen LogP contribution in [-0.4, -0.2) is 58.7 Å². The number of nitrogens with one attached hydrogen (secondary N) is 2. The maximum atomic E-state index is 12.6. The lowest BCUT2D eigenvalue weighted by Gasteiger charge is -2.31. The SMILES string of the molecule is NC(=O)C1CCCN(Cc2ccc(NC(=O)CCCN3C(=O)NC4(CCCC4)C3=O)cc2)C1. The first-order chi connectivity index (χ1) is 15.9. The standard InChI is InChI=1S/C24H33N5O4/c25-21(31)18-5-3-13-28(16-18)15-17-7-9-19(10-8-17)26-20(30)6-4-14-29-22(32)24(27-23(29)33)11-1-2-12-24/h7-10,18H,1-6,11-16H2,(H2,25,31)(H,26,30)(H,27,33). The van der Waals surface area contributed by atoms with Gasteiger partial charge in [-0.3, -0.25) is 24.2 Å². The van der Waals surface area contributed by atoms with E-state index < -0.39 is 5.54 Å². The van der Waals surface area contributed by atoms with E-state index in [4.69, 9.17) is 5.73 Å². The number of hydrogen-bond acceptors (Lipinski definition) is 5. The summed E-state index contributed by atoms with van der Waals surface area (Å²) in [5.41, 5.74) is 6.57. The number of benzene rings is 1. The maximum absolute atomic E-state index is 12.6. The van der Waals surface area contributed by atoms with E-state index in [0.29, 0.717) is 31.5 Å². The molecule has 9 nitrogen and oxygen atoms in total. The van der Waals surface area contributed by atoms with Crippen LogP contribution in [0.1, 0.15) is 56.9 Å². The fourth-order valence-electron chi connectivity index (χ4n) is 5.20. The van der Waals surface area contributed by atoms with Crippen molar-refractivity contribution < 1.29 is 19.2 Å². The molecule has 0 bridgehead atoms. The highest BCUT2D eigenvalue weighted by Crippen LogP contribution is 2.35. The van der Waals surface area contributed by atoms with E-state index >= 15 is 0 Å². The minimum atomic E-state index is -0.698. The molecule has 178 valence electrons. The Balaban J connectivity index is 1.20. The van der Waals surface area contributed by atoms with Gasteiger partial charge in [0, 0.05) is 31.7 Å². The number of nitrogens with zero attached hydrogens (tertiary/aromatic N) is 2. The van der Waals surface area contributed by atoms with Gasteiger partial charge >= 0.3 is 6.03 Å². The van der Waals surface area contributed by atoms with Gasteiger partial charge < -0.3 is 16.4 Å². The van der Waals surface area contributed by atoms with Crippen LogP contribution in [0, 0.1) is 5.92 Å². The number of imide groups is 1. The van der Waals surface area contributed by atoms with Crippen LogP contribution in [-0.2, 0) is 20.9 Å². The molecule has 9 heteroatoms. The normalized spacial score (nSPS) is 22.5. The minimum absolute atomic E-state index is 0.0806. The lowest BCUT2D eigenvalue weighted by molar-refractivity contribution is -0.131. The molecule has 2 heterocycles. The first-order valence-corrected chi connectivity index (χ1v) is 11.9. The summed E-state index contributed by atoms with van der Waals surface area (Å²) in [5.74, 6) is -0.601. The topological polar surface area (TPSA) is 125 Å². The molecule has 1 aromatic carbocycles. The van der Waals surface area contributed by atoms with Gasteiger partial charge in [-0.15, -0.1) is 0 Å². The molecular formula is C24H33N5O4. The van der Waals surface area contributed by atoms with Crippen molar-refractivity contribution in [3.05, 3.63) is 29.8 Å². The third kappa shape index (κ3) is 5.35. The second-order valence-electron chi connectivity index (χ2n) is 9.50. The first-order valence-electron chi connectivity index (χ1n) is 11.9. The molecule has 1 unspecified atom stereocenters. The zero-order chi connectivity index (χ0) is 23.4. The Morgan fingerprint density at radius 2 is 1.85 bits per heavy atom. The first kappa shape index (κ1) is 23.2. The zero-order valence-corrected chi connectivity index (χ0v) is 19.0. The maximum Gasteiger partial charge on any atom is 0.325 e. The van der Waals surface area contributed by atoms with Crippen molar-refractivity contribution in [2.24, 2.45) is 11.7 Å². The number of rotatable bonds is 8. The molecule has 3 fully saturated rings. The summed E-state index contributed by atoms with van der Waals surface area (Å²) in [6.45, 7) is 2.62. The van der Waals surface area contributed by atoms with Crippen molar-refractivity contribution in [3.63, 3.8) is 0 Å². The quantitative estimate of drug-likeness (QED) is 0.517. The lowest BCUT2D eigenvalue weighted by Crippen LogP contribution is -2.44. The Labute approximate surface area is 194 Å². The van der Waals surface area contributed by atoms with Crippen molar-refractivity contribution in [2.75, 3.05) is 25.0 Å². The molecule has 1 aliphatic carbocycles. The van der Waals surface area contributed by atoms with Gasteiger partial charge in [-0.2, -0.15) is 0 Å². The predicted octanol–water partition coefficient (Wildman–Crippen LogP) is 1.97. The highest BCUT2D eigenvalue weighted by molar-refractivity contribution is 6.07. The largest absolute Gasteiger partial charge is 0.369 e. The van der Waals surface area contributed by atoms with Crippen LogP contribution < -0.4 is 16.4 Å². The Morgan fingerprint density at radius 3 is 2.55 bits per heavy atom. The molecule has 1 saturated carbocycles. The molecule has 2 saturated heterocycles. The number of urea groups is 1. The summed E-state index contributed by atoms with van der Waals surface area (Å²) in [6.07, 6.45) is 5.78. The molecule has 1 aromatic rings. The van der Waals surface area contributed by atoms with Gasteiger partial charge in [0.25, 0.3) is 5.91 Å². The van der Waals surface area contributed by atoms with Crippen LogP contribution in [0.5, 0.6) is 0 Å². The predicted molar refractivity (Wildman–Crippen MR) is 123 cm³/mol. The molecular weight excluding hydrogens is 422 g/mol. The van der Waals surface area contributed by atoms with E-state index in [-0.39, 0.29) is 42.6 Å². The summed E-state index contributed by atoms with van der Waals surface area (Å²) in [5, 5.41) is 5.73. The van der Waals surface area contributed by atoms with Crippen molar-refractivity contribution in [1.29, 1.82) is 0 Å². The van der Waals surface area contributed by atoms with Gasteiger partial charge in [-0.25, -0.2) is 4.79 Å². The highest BCUT2D eigenvalue weighted by atomic mass is 16.2. The second-order valence-corrected chi connectivity index (χ2v) is 9.50. The molecule has 2 aliphatic heterocycles. The number of piperidine rings is 1. The number of amides is 5. The summed E-state index contributed by atoms with van der Waals surface area (Å²) in [4.78, 5) is 52.1. The third-order valence-corrected chi connectivity index (χ3v) is 7.04. The number of likely N-dealkylation sites (tertiary alicyclic amines) is 1. The molecule has 0 radical (unpaired) electrons. The lowest BCUT2D eigenvalue weighted by atomic mass is 9.97. The van der Waals surface area contributed by atoms with Gasteiger partial charge in [0.15, 0.2) is 0 Å². The molecule has 33 heavy (non-hydrogen) atoms.